The van der Waals surface area contributed by atoms with E-state index < -0.39 is 17.2 Å². The first-order valence-corrected chi connectivity index (χ1v) is 5.02. The Morgan fingerprint density at radius 1 is 1.18 bits per heavy atom. The van der Waals surface area contributed by atoms with Gasteiger partial charge in [0.15, 0.2) is 0 Å². The second kappa shape index (κ2) is 4.21. The van der Waals surface area contributed by atoms with E-state index in [0.717, 1.165) is 4.57 Å². The molecule has 0 unspecified atom stereocenters. The molecule has 0 aliphatic heterocycles. The third kappa shape index (κ3) is 2.08. The largest absolute Gasteiger partial charge is 0.335 e. The number of nitrogens with zero attached hydrogens (tertiary/aromatic N) is 1. The smallest absolute Gasteiger partial charge is 0.273 e. The summed E-state index contributed by atoms with van der Waals surface area (Å²) in [6.45, 7) is 1.53. The number of carbonyl (C=O) groups excluding carboxylic acids is 1. The Bertz CT molecular complexity index is 668. The average molecular weight is 230 g/mol. The predicted molar refractivity (Wildman–Crippen MR) is 62.2 cm³/mol. The molecule has 5 heteroatoms. The van der Waals surface area contributed by atoms with Gasteiger partial charge in [-0.15, -0.1) is 0 Å². The highest BCUT2D eigenvalue weighted by atomic mass is 16.2. The first-order valence-electron chi connectivity index (χ1n) is 5.02. The number of aromatic amines is 1. The van der Waals surface area contributed by atoms with Gasteiger partial charge in [0.05, 0.1) is 0 Å². The van der Waals surface area contributed by atoms with Crippen molar-refractivity contribution in [1.82, 2.24) is 9.55 Å². The first kappa shape index (κ1) is 11.1. The summed E-state index contributed by atoms with van der Waals surface area (Å²) < 4.78 is 0.895. The van der Waals surface area contributed by atoms with Gasteiger partial charge < -0.3 is 0 Å². The molecule has 0 atom stereocenters. The van der Waals surface area contributed by atoms with Crippen LogP contribution in [0.5, 0.6) is 0 Å². The van der Waals surface area contributed by atoms with Crippen molar-refractivity contribution in [3.05, 3.63) is 68.5 Å². The van der Waals surface area contributed by atoms with Gasteiger partial charge in [-0.25, -0.2) is 9.36 Å². The van der Waals surface area contributed by atoms with E-state index in [1.165, 1.54) is 13.1 Å². The highest BCUT2D eigenvalue weighted by Crippen LogP contribution is 2.00. The number of nitrogens with one attached hydrogen (secondary N) is 1. The monoisotopic (exact) mass is 230 g/mol. The van der Waals surface area contributed by atoms with Crippen LogP contribution in [0.4, 0.5) is 0 Å². The molecule has 1 aromatic carbocycles. The molecule has 0 amide bonds. The molecule has 86 valence electrons. The van der Waals surface area contributed by atoms with Crippen LogP contribution >= 0.6 is 0 Å². The van der Waals surface area contributed by atoms with E-state index in [1.807, 2.05) is 0 Å². The normalized spacial score (nSPS) is 10.2. The van der Waals surface area contributed by atoms with Crippen molar-refractivity contribution in [3.63, 3.8) is 0 Å². The molecule has 0 radical (unpaired) electrons. The molecular weight excluding hydrogens is 220 g/mol. The number of aryl methyl sites for hydroxylation is 1. The van der Waals surface area contributed by atoms with Crippen molar-refractivity contribution in [2.45, 2.75) is 6.92 Å². The van der Waals surface area contributed by atoms with E-state index in [2.05, 4.69) is 4.98 Å². The van der Waals surface area contributed by atoms with E-state index in [4.69, 9.17) is 0 Å². The van der Waals surface area contributed by atoms with Crippen LogP contribution < -0.4 is 11.2 Å². The lowest BCUT2D eigenvalue weighted by atomic mass is 10.2. The lowest BCUT2D eigenvalue weighted by Crippen LogP contribution is -2.34. The number of hydrogen-bond acceptors (Lipinski definition) is 3. The van der Waals surface area contributed by atoms with Gasteiger partial charge in [-0.3, -0.25) is 14.6 Å². The summed E-state index contributed by atoms with van der Waals surface area (Å²) >= 11 is 0. The van der Waals surface area contributed by atoms with E-state index in [1.54, 1.807) is 30.3 Å². The Kier molecular flexibility index (Phi) is 2.74. The van der Waals surface area contributed by atoms with Crippen LogP contribution in [0.2, 0.25) is 0 Å². The number of aromatic nitrogens is 2. The maximum atomic E-state index is 12.0. The minimum Gasteiger partial charge on any atom is -0.273 e. The number of H-pyrrole nitrogens is 1. The number of carbonyl (C=O) groups is 1. The third-order valence-corrected chi connectivity index (χ3v) is 2.36. The second-order valence-corrected chi connectivity index (χ2v) is 3.61. The van der Waals surface area contributed by atoms with E-state index >= 15 is 0 Å². The molecule has 17 heavy (non-hydrogen) atoms. The van der Waals surface area contributed by atoms with Gasteiger partial charge in [0, 0.05) is 17.3 Å². The summed E-state index contributed by atoms with van der Waals surface area (Å²) in [4.78, 5) is 36.7. The minimum absolute atomic E-state index is 0.314. The molecule has 0 saturated heterocycles. The number of benzene rings is 1. The Hall–Kier alpha value is -2.43. The molecule has 1 heterocycles. The predicted octanol–water partition coefficient (Wildman–Crippen LogP) is 0.534. The van der Waals surface area contributed by atoms with Crippen molar-refractivity contribution in [1.29, 1.82) is 0 Å². The molecule has 1 N–H and O–H groups in total. The fraction of sp³-hybridized carbons (Fsp3) is 0.0833. The lowest BCUT2D eigenvalue weighted by Gasteiger charge is -2.04. The van der Waals surface area contributed by atoms with Crippen LogP contribution in [0.1, 0.15) is 15.9 Å². The second-order valence-electron chi connectivity index (χ2n) is 3.61. The molecule has 5 nitrogen and oxygen atoms in total. The van der Waals surface area contributed by atoms with Crippen molar-refractivity contribution in [3.8, 4) is 0 Å². The average Bonchev–Trinajstić information content (AvgIpc) is 2.34. The van der Waals surface area contributed by atoms with Crippen LogP contribution in [-0.2, 0) is 0 Å². The molecule has 0 saturated carbocycles. The maximum Gasteiger partial charge on any atom is 0.335 e. The molecule has 0 fully saturated rings. The highest BCUT2D eigenvalue weighted by molar-refractivity contribution is 5.95. The van der Waals surface area contributed by atoms with Crippen LogP contribution in [-0.4, -0.2) is 15.5 Å². The topological polar surface area (TPSA) is 71.9 Å². The van der Waals surface area contributed by atoms with Crippen molar-refractivity contribution in [2.75, 3.05) is 0 Å². The number of rotatable bonds is 1. The quantitative estimate of drug-likeness (QED) is 0.776. The summed E-state index contributed by atoms with van der Waals surface area (Å²) in [5.74, 6) is -0.463. The molecule has 1 aromatic heterocycles. The molecule has 2 rings (SSSR count). The van der Waals surface area contributed by atoms with E-state index in [9.17, 15) is 14.4 Å². The highest BCUT2D eigenvalue weighted by Gasteiger charge is 2.10. The van der Waals surface area contributed by atoms with Gasteiger partial charge in [0.25, 0.3) is 11.5 Å². The Morgan fingerprint density at radius 3 is 2.47 bits per heavy atom. The van der Waals surface area contributed by atoms with Crippen molar-refractivity contribution < 1.29 is 4.79 Å². The van der Waals surface area contributed by atoms with Crippen LogP contribution in [0.15, 0.2) is 46.1 Å². The molecular formula is C12H10N2O3. The summed E-state index contributed by atoms with van der Waals surface area (Å²) in [7, 11) is 0. The van der Waals surface area contributed by atoms with Gasteiger partial charge in [0.1, 0.15) is 0 Å². The van der Waals surface area contributed by atoms with Gasteiger partial charge in [-0.2, -0.15) is 0 Å². The number of hydrogen-bond donors (Lipinski definition) is 1. The Balaban J connectivity index is 2.56. The van der Waals surface area contributed by atoms with Crippen LogP contribution in [0.25, 0.3) is 0 Å². The van der Waals surface area contributed by atoms with Crippen molar-refractivity contribution in [2.24, 2.45) is 0 Å². The molecule has 2 aromatic rings. The van der Waals surface area contributed by atoms with Gasteiger partial charge in [0.2, 0.25) is 0 Å². The zero-order chi connectivity index (χ0) is 12.4. The summed E-state index contributed by atoms with van der Waals surface area (Å²) in [5.41, 5.74) is -0.503. The Morgan fingerprint density at radius 2 is 1.82 bits per heavy atom. The standard InChI is InChI=1S/C12H10N2O3/c1-8-7-14(12(17)13-10(8)15)11(16)9-5-3-2-4-6-9/h2-7H,1H3,(H,13,15,17). The van der Waals surface area contributed by atoms with Gasteiger partial charge in [-0.1, -0.05) is 18.2 Å². The lowest BCUT2D eigenvalue weighted by molar-refractivity contribution is 0.0954. The van der Waals surface area contributed by atoms with Crippen LogP contribution in [0, 0.1) is 6.92 Å². The van der Waals surface area contributed by atoms with Crippen LogP contribution in [0.3, 0.4) is 0 Å². The zero-order valence-corrected chi connectivity index (χ0v) is 9.14. The van der Waals surface area contributed by atoms with E-state index in [-0.39, 0.29) is 0 Å². The Labute approximate surface area is 96.4 Å². The fourth-order valence-electron chi connectivity index (χ4n) is 1.44. The fourth-order valence-corrected chi connectivity index (χ4v) is 1.44. The maximum absolute atomic E-state index is 12.0. The molecule has 0 bridgehead atoms. The third-order valence-electron chi connectivity index (χ3n) is 2.36. The SMILES string of the molecule is Cc1cn(C(=O)c2ccccc2)c(=O)[nH]c1=O. The molecule has 0 aliphatic carbocycles. The summed E-state index contributed by atoms with van der Waals surface area (Å²) in [6.07, 6.45) is 1.25. The van der Waals surface area contributed by atoms with Crippen molar-refractivity contribution >= 4 is 5.91 Å². The molecule has 0 spiro atoms. The molecule has 0 aliphatic rings. The van der Waals surface area contributed by atoms with Gasteiger partial charge in [-0.05, 0) is 19.1 Å². The summed E-state index contributed by atoms with van der Waals surface area (Å²) in [5, 5.41) is 0. The minimum atomic E-state index is -0.727. The summed E-state index contributed by atoms with van der Waals surface area (Å²) in [6, 6.07) is 8.40. The van der Waals surface area contributed by atoms with Gasteiger partial charge >= 0.3 is 5.69 Å². The first-order chi connectivity index (χ1) is 8.09. The zero-order valence-electron chi connectivity index (χ0n) is 9.14. The van der Waals surface area contributed by atoms with E-state index in [0.29, 0.717) is 11.1 Å².